The van der Waals surface area contributed by atoms with Gasteiger partial charge in [-0.1, -0.05) is 6.92 Å². The Balaban J connectivity index is 1.38. The molecule has 170 valence electrons. The van der Waals surface area contributed by atoms with Gasteiger partial charge in [0.15, 0.2) is 5.78 Å². The summed E-state index contributed by atoms with van der Waals surface area (Å²) in [5.74, 6) is 2.03. The molecule has 34 heavy (non-hydrogen) atoms. The van der Waals surface area contributed by atoms with Gasteiger partial charge >= 0.3 is 0 Å². The van der Waals surface area contributed by atoms with E-state index in [2.05, 4.69) is 6.92 Å². The molecule has 2 aromatic carbocycles. The fraction of sp³-hybridized carbons (Fsp3) is 0.138. The van der Waals surface area contributed by atoms with Crippen LogP contribution < -0.4 is 0 Å². The number of furan rings is 2. The van der Waals surface area contributed by atoms with E-state index in [0.29, 0.717) is 47.0 Å². The van der Waals surface area contributed by atoms with Gasteiger partial charge in [-0.05, 0) is 104 Å². The maximum Gasteiger partial charge on any atom is 0.185 e. The van der Waals surface area contributed by atoms with Crippen molar-refractivity contribution in [1.82, 2.24) is 0 Å². The number of benzene rings is 2. The lowest BCUT2D eigenvalue weighted by Crippen LogP contribution is -2.18. The van der Waals surface area contributed by atoms with Gasteiger partial charge in [0.1, 0.15) is 34.7 Å². The first kappa shape index (κ1) is 21.8. The Bertz CT molecular complexity index is 1280. The summed E-state index contributed by atoms with van der Waals surface area (Å²) in [5, 5.41) is 0. The monoisotopic (exact) mass is 456 g/mol. The topological polar surface area (TPSA) is 43.4 Å². The summed E-state index contributed by atoms with van der Waals surface area (Å²) >= 11 is 0. The number of carbonyl (C=O) groups is 1. The van der Waals surface area contributed by atoms with Crippen molar-refractivity contribution in [2.75, 3.05) is 0 Å². The van der Waals surface area contributed by atoms with Crippen LogP contribution in [0.15, 0.2) is 92.8 Å². The lowest BCUT2D eigenvalue weighted by atomic mass is 9.81. The van der Waals surface area contributed by atoms with Gasteiger partial charge in [0.25, 0.3) is 0 Å². The second kappa shape index (κ2) is 9.10. The SMILES string of the molecule is CC1C/C(=C/c2ccc(-c3ccc(F)cc3)o2)C(=O)/C(=C/c2ccc(-c3ccc(F)cc3)o2)C1. The van der Waals surface area contributed by atoms with E-state index < -0.39 is 0 Å². The number of Topliss-reactive ketones (excluding diaryl/α,β-unsaturated/α-hetero) is 1. The molecule has 0 radical (unpaired) electrons. The molecule has 0 bridgehead atoms. The van der Waals surface area contributed by atoms with Crippen LogP contribution in [0.2, 0.25) is 0 Å². The van der Waals surface area contributed by atoms with Crippen LogP contribution in [-0.4, -0.2) is 5.78 Å². The van der Waals surface area contributed by atoms with Crippen LogP contribution in [0.3, 0.4) is 0 Å². The molecule has 0 saturated heterocycles. The lowest BCUT2D eigenvalue weighted by Gasteiger charge is -2.22. The number of carbonyl (C=O) groups excluding carboxylic acids is 1. The van der Waals surface area contributed by atoms with Gasteiger partial charge < -0.3 is 8.83 Å². The Morgan fingerprint density at radius 3 is 1.50 bits per heavy atom. The third-order valence-corrected chi connectivity index (χ3v) is 5.86. The first-order chi connectivity index (χ1) is 16.4. The Labute approximate surface area is 196 Å². The summed E-state index contributed by atoms with van der Waals surface area (Å²) in [5.41, 5.74) is 2.89. The highest BCUT2D eigenvalue weighted by molar-refractivity contribution is 6.13. The molecule has 1 aliphatic rings. The normalized spacial score (nSPS) is 18.7. The molecule has 1 aliphatic carbocycles. The van der Waals surface area contributed by atoms with Crippen LogP contribution in [0.4, 0.5) is 8.78 Å². The molecule has 3 nitrogen and oxygen atoms in total. The van der Waals surface area contributed by atoms with Crippen LogP contribution in [0.25, 0.3) is 34.8 Å². The average molecular weight is 456 g/mol. The number of hydrogen-bond acceptors (Lipinski definition) is 3. The Morgan fingerprint density at radius 1 is 0.676 bits per heavy atom. The van der Waals surface area contributed by atoms with E-state index in [1.54, 1.807) is 36.4 Å². The molecule has 0 N–H and O–H groups in total. The molecule has 5 rings (SSSR count). The Morgan fingerprint density at radius 2 is 1.09 bits per heavy atom. The number of halogens is 2. The molecule has 1 saturated carbocycles. The quantitative estimate of drug-likeness (QED) is 0.293. The van der Waals surface area contributed by atoms with Gasteiger partial charge in [0, 0.05) is 22.3 Å². The van der Waals surface area contributed by atoms with Gasteiger partial charge in [-0.3, -0.25) is 4.79 Å². The standard InChI is InChI=1S/C29H22F2O3/c1-18-14-21(16-25-10-12-27(33-25)19-2-6-23(30)7-3-19)29(32)22(15-18)17-26-11-13-28(34-26)20-4-8-24(31)9-5-20/h2-13,16-18H,14-15H2,1H3/b21-16-,22-17+. The van der Waals surface area contributed by atoms with E-state index in [1.807, 2.05) is 24.3 Å². The van der Waals surface area contributed by atoms with Crippen molar-refractivity contribution in [3.63, 3.8) is 0 Å². The number of rotatable bonds is 4. The Hall–Kier alpha value is -3.99. The van der Waals surface area contributed by atoms with Gasteiger partial charge in [-0.25, -0.2) is 8.78 Å². The van der Waals surface area contributed by atoms with Crippen molar-refractivity contribution in [3.05, 3.63) is 107 Å². The van der Waals surface area contributed by atoms with Crippen molar-refractivity contribution in [2.24, 2.45) is 5.92 Å². The van der Waals surface area contributed by atoms with Crippen LogP contribution in [-0.2, 0) is 4.79 Å². The predicted molar refractivity (Wildman–Crippen MR) is 128 cm³/mol. The zero-order chi connectivity index (χ0) is 23.7. The first-order valence-electron chi connectivity index (χ1n) is 11.1. The highest BCUT2D eigenvalue weighted by Gasteiger charge is 2.26. The number of allylic oxidation sites excluding steroid dienone is 2. The van der Waals surface area contributed by atoms with Crippen LogP contribution in [0, 0.1) is 17.6 Å². The zero-order valence-corrected chi connectivity index (χ0v) is 18.6. The maximum atomic E-state index is 13.2. The van der Waals surface area contributed by atoms with E-state index in [0.717, 1.165) is 11.1 Å². The fourth-order valence-corrected chi connectivity index (χ4v) is 4.21. The number of ketones is 1. The zero-order valence-electron chi connectivity index (χ0n) is 18.6. The lowest BCUT2D eigenvalue weighted by molar-refractivity contribution is -0.113. The molecule has 5 heteroatoms. The molecule has 1 atom stereocenters. The summed E-state index contributed by atoms with van der Waals surface area (Å²) in [6, 6.07) is 19.4. The van der Waals surface area contributed by atoms with Crippen LogP contribution >= 0.6 is 0 Å². The van der Waals surface area contributed by atoms with Gasteiger partial charge in [-0.15, -0.1) is 0 Å². The molecule has 4 aromatic rings. The molecular weight excluding hydrogens is 434 g/mol. The third kappa shape index (κ3) is 4.69. The van der Waals surface area contributed by atoms with Crippen LogP contribution in [0.1, 0.15) is 31.3 Å². The molecular formula is C29H22F2O3. The van der Waals surface area contributed by atoms with E-state index in [1.165, 1.54) is 24.3 Å². The van der Waals surface area contributed by atoms with Crippen molar-refractivity contribution in [2.45, 2.75) is 19.8 Å². The second-order valence-electron chi connectivity index (χ2n) is 8.60. The fourth-order valence-electron chi connectivity index (χ4n) is 4.21. The third-order valence-electron chi connectivity index (χ3n) is 5.86. The summed E-state index contributed by atoms with van der Waals surface area (Å²) in [6.07, 6.45) is 4.87. The van der Waals surface area contributed by atoms with Gasteiger partial charge in [0.2, 0.25) is 0 Å². The average Bonchev–Trinajstić information content (AvgIpc) is 3.48. The van der Waals surface area contributed by atoms with Crippen molar-refractivity contribution in [1.29, 1.82) is 0 Å². The molecule has 2 heterocycles. The summed E-state index contributed by atoms with van der Waals surface area (Å²) in [7, 11) is 0. The minimum atomic E-state index is -0.305. The molecule has 0 amide bonds. The predicted octanol–water partition coefficient (Wildman–Crippen LogP) is 7.95. The maximum absolute atomic E-state index is 13.2. The smallest absolute Gasteiger partial charge is 0.185 e. The molecule has 0 spiro atoms. The largest absolute Gasteiger partial charge is 0.457 e. The summed E-state index contributed by atoms with van der Waals surface area (Å²) in [4.78, 5) is 13.2. The highest BCUT2D eigenvalue weighted by Crippen LogP contribution is 2.34. The minimum Gasteiger partial charge on any atom is -0.457 e. The second-order valence-corrected chi connectivity index (χ2v) is 8.60. The first-order valence-corrected chi connectivity index (χ1v) is 11.1. The Kier molecular flexibility index (Phi) is 5.84. The van der Waals surface area contributed by atoms with E-state index in [-0.39, 0.29) is 23.3 Å². The molecule has 0 aliphatic heterocycles. The van der Waals surface area contributed by atoms with Crippen LogP contribution in [0.5, 0.6) is 0 Å². The van der Waals surface area contributed by atoms with Crippen molar-refractivity contribution in [3.8, 4) is 22.6 Å². The van der Waals surface area contributed by atoms with Gasteiger partial charge in [0.05, 0.1) is 0 Å². The highest BCUT2D eigenvalue weighted by atomic mass is 19.1. The summed E-state index contributed by atoms with van der Waals surface area (Å²) in [6.45, 7) is 2.10. The van der Waals surface area contributed by atoms with E-state index >= 15 is 0 Å². The van der Waals surface area contributed by atoms with Gasteiger partial charge in [-0.2, -0.15) is 0 Å². The number of hydrogen-bond donors (Lipinski definition) is 0. The van der Waals surface area contributed by atoms with Crippen molar-refractivity contribution < 1.29 is 22.4 Å². The molecule has 1 unspecified atom stereocenters. The minimum absolute atomic E-state index is 0.0300. The molecule has 1 fully saturated rings. The molecule has 2 aromatic heterocycles. The summed E-state index contributed by atoms with van der Waals surface area (Å²) < 4.78 is 38.2. The van der Waals surface area contributed by atoms with E-state index in [9.17, 15) is 13.6 Å². The van der Waals surface area contributed by atoms with Crippen molar-refractivity contribution >= 4 is 17.9 Å². The van der Waals surface area contributed by atoms with E-state index in [4.69, 9.17) is 8.83 Å².